The van der Waals surface area contributed by atoms with Crippen LogP contribution in [0, 0.1) is 5.92 Å². The smallest absolute Gasteiger partial charge is 0.0469 e. The lowest BCUT2D eigenvalue weighted by molar-refractivity contribution is 0.0543. The molecule has 2 heteroatoms. The molecule has 0 aromatic carbocycles. The largest absolute Gasteiger partial charge is 0.381 e. The Morgan fingerprint density at radius 3 is 2.55 bits per heavy atom. The van der Waals surface area contributed by atoms with Crippen LogP contribution in [-0.4, -0.2) is 26.3 Å². The number of hydrogen-bond acceptors (Lipinski definition) is 2. The van der Waals surface area contributed by atoms with Crippen LogP contribution in [0.3, 0.4) is 0 Å². The summed E-state index contributed by atoms with van der Waals surface area (Å²) in [5, 5.41) is 3.37. The van der Waals surface area contributed by atoms with Crippen molar-refractivity contribution in [1.82, 2.24) is 5.32 Å². The zero-order valence-corrected chi connectivity index (χ0v) is 7.60. The fourth-order valence-corrected chi connectivity index (χ4v) is 1.89. The molecule has 2 nitrogen and oxygen atoms in total. The molecule has 0 spiro atoms. The van der Waals surface area contributed by atoms with Gasteiger partial charge in [0.05, 0.1) is 0 Å². The summed E-state index contributed by atoms with van der Waals surface area (Å²) in [6.45, 7) is 4.17. The molecule has 0 aromatic rings. The van der Waals surface area contributed by atoms with Gasteiger partial charge in [0.2, 0.25) is 0 Å². The number of nitrogens with one attached hydrogen (secondary N) is 1. The maximum Gasteiger partial charge on any atom is 0.0469 e. The quantitative estimate of drug-likeness (QED) is 0.669. The Kier molecular flexibility index (Phi) is 3.87. The molecule has 0 amide bonds. The number of ether oxygens (including phenoxy) is 1. The first kappa shape index (κ1) is 9.01. The Balaban J connectivity index is 2.30. The maximum absolute atomic E-state index is 5.31. The molecule has 1 saturated heterocycles. The van der Waals surface area contributed by atoms with Crippen LogP contribution in [-0.2, 0) is 4.74 Å². The second-order valence-corrected chi connectivity index (χ2v) is 3.25. The highest BCUT2D eigenvalue weighted by Gasteiger charge is 2.20. The predicted molar refractivity (Wildman–Crippen MR) is 46.7 cm³/mol. The van der Waals surface area contributed by atoms with Gasteiger partial charge in [-0.2, -0.15) is 0 Å². The lowest BCUT2D eigenvalue weighted by atomic mass is 9.90. The van der Waals surface area contributed by atoms with Crippen LogP contribution in [0.1, 0.15) is 26.2 Å². The molecular weight excluding hydrogens is 138 g/mol. The van der Waals surface area contributed by atoms with E-state index in [4.69, 9.17) is 4.74 Å². The van der Waals surface area contributed by atoms with Crippen LogP contribution < -0.4 is 5.32 Å². The van der Waals surface area contributed by atoms with Crippen molar-refractivity contribution < 1.29 is 4.74 Å². The van der Waals surface area contributed by atoms with Crippen molar-refractivity contribution >= 4 is 0 Å². The van der Waals surface area contributed by atoms with Gasteiger partial charge in [-0.1, -0.05) is 6.92 Å². The zero-order valence-electron chi connectivity index (χ0n) is 7.60. The van der Waals surface area contributed by atoms with Crippen LogP contribution in [0.4, 0.5) is 0 Å². The first-order chi connectivity index (χ1) is 5.38. The van der Waals surface area contributed by atoms with Crippen LogP contribution in [0.2, 0.25) is 0 Å². The molecule has 0 aromatic heterocycles. The minimum atomic E-state index is 0.707. The van der Waals surface area contributed by atoms with Gasteiger partial charge < -0.3 is 10.1 Å². The van der Waals surface area contributed by atoms with Crippen LogP contribution in [0.25, 0.3) is 0 Å². The van der Waals surface area contributed by atoms with E-state index >= 15 is 0 Å². The summed E-state index contributed by atoms with van der Waals surface area (Å²) in [5.74, 6) is 0.846. The van der Waals surface area contributed by atoms with E-state index in [1.165, 1.54) is 19.3 Å². The van der Waals surface area contributed by atoms with Crippen molar-refractivity contribution in [2.75, 3.05) is 20.3 Å². The molecule has 1 heterocycles. The normalized spacial score (nSPS) is 23.5. The maximum atomic E-state index is 5.31. The standard InChI is InChI=1S/C9H19NO/c1-3-9(10-2)8-4-6-11-7-5-8/h8-10H,3-7H2,1-2H3. The van der Waals surface area contributed by atoms with Crippen molar-refractivity contribution in [2.45, 2.75) is 32.2 Å². The number of hydrogen-bond donors (Lipinski definition) is 1. The monoisotopic (exact) mass is 157 g/mol. The molecule has 1 N–H and O–H groups in total. The zero-order chi connectivity index (χ0) is 8.10. The molecule has 0 radical (unpaired) electrons. The van der Waals surface area contributed by atoms with Crippen molar-refractivity contribution in [3.05, 3.63) is 0 Å². The Morgan fingerprint density at radius 1 is 1.45 bits per heavy atom. The van der Waals surface area contributed by atoms with E-state index in [1.54, 1.807) is 0 Å². The van der Waals surface area contributed by atoms with Gasteiger partial charge in [-0.25, -0.2) is 0 Å². The van der Waals surface area contributed by atoms with Crippen molar-refractivity contribution in [1.29, 1.82) is 0 Å². The fraction of sp³-hybridized carbons (Fsp3) is 1.00. The summed E-state index contributed by atoms with van der Waals surface area (Å²) in [4.78, 5) is 0. The Morgan fingerprint density at radius 2 is 2.09 bits per heavy atom. The third-order valence-electron chi connectivity index (χ3n) is 2.65. The summed E-state index contributed by atoms with van der Waals surface area (Å²) in [6, 6.07) is 0.707. The van der Waals surface area contributed by atoms with E-state index in [0.717, 1.165) is 19.1 Å². The molecule has 1 unspecified atom stereocenters. The lowest BCUT2D eigenvalue weighted by Gasteiger charge is -2.29. The Bertz CT molecular complexity index is 95.7. The summed E-state index contributed by atoms with van der Waals surface area (Å²) < 4.78 is 5.31. The molecule has 66 valence electrons. The molecule has 1 fully saturated rings. The summed E-state index contributed by atoms with van der Waals surface area (Å²) in [5.41, 5.74) is 0. The van der Waals surface area contributed by atoms with Crippen LogP contribution in [0.5, 0.6) is 0 Å². The van der Waals surface area contributed by atoms with Gasteiger partial charge in [0.25, 0.3) is 0 Å². The van der Waals surface area contributed by atoms with E-state index in [2.05, 4.69) is 19.3 Å². The van der Waals surface area contributed by atoms with Gasteiger partial charge in [-0.3, -0.25) is 0 Å². The molecule has 11 heavy (non-hydrogen) atoms. The molecule has 0 saturated carbocycles. The van der Waals surface area contributed by atoms with Crippen LogP contribution >= 0.6 is 0 Å². The van der Waals surface area contributed by atoms with Gasteiger partial charge in [0.1, 0.15) is 0 Å². The van der Waals surface area contributed by atoms with E-state index in [0.29, 0.717) is 6.04 Å². The summed E-state index contributed by atoms with van der Waals surface area (Å²) in [6.07, 6.45) is 3.71. The second-order valence-electron chi connectivity index (χ2n) is 3.25. The highest BCUT2D eigenvalue weighted by molar-refractivity contribution is 4.75. The average molecular weight is 157 g/mol. The first-order valence-corrected chi connectivity index (χ1v) is 4.63. The molecule has 1 aliphatic heterocycles. The predicted octanol–water partition coefficient (Wildman–Crippen LogP) is 1.41. The summed E-state index contributed by atoms with van der Waals surface area (Å²) in [7, 11) is 2.06. The highest BCUT2D eigenvalue weighted by atomic mass is 16.5. The minimum absolute atomic E-state index is 0.707. The minimum Gasteiger partial charge on any atom is -0.381 e. The van der Waals surface area contributed by atoms with Gasteiger partial charge in [0.15, 0.2) is 0 Å². The van der Waals surface area contributed by atoms with E-state index in [1.807, 2.05) is 0 Å². The second kappa shape index (κ2) is 4.73. The molecule has 0 aliphatic carbocycles. The molecule has 1 aliphatic rings. The first-order valence-electron chi connectivity index (χ1n) is 4.63. The Labute approximate surface area is 69.3 Å². The lowest BCUT2D eigenvalue weighted by Crippen LogP contribution is -2.36. The summed E-state index contributed by atoms with van der Waals surface area (Å²) >= 11 is 0. The average Bonchev–Trinajstić information content (AvgIpc) is 2.09. The SMILES string of the molecule is CCC(NC)C1CCOCC1. The Hall–Kier alpha value is -0.0800. The fourth-order valence-electron chi connectivity index (χ4n) is 1.89. The van der Waals surface area contributed by atoms with Crippen molar-refractivity contribution in [2.24, 2.45) is 5.92 Å². The highest BCUT2D eigenvalue weighted by Crippen LogP contribution is 2.20. The van der Waals surface area contributed by atoms with Gasteiger partial charge in [0, 0.05) is 19.3 Å². The van der Waals surface area contributed by atoms with Crippen molar-refractivity contribution in [3.63, 3.8) is 0 Å². The van der Waals surface area contributed by atoms with E-state index in [9.17, 15) is 0 Å². The van der Waals surface area contributed by atoms with E-state index < -0.39 is 0 Å². The van der Waals surface area contributed by atoms with Gasteiger partial charge >= 0.3 is 0 Å². The third kappa shape index (κ3) is 2.46. The molecule has 1 atom stereocenters. The van der Waals surface area contributed by atoms with Crippen LogP contribution in [0.15, 0.2) is 0 Å². The topological polar surface area (TPSA) is 21.3 Å². The van der Waals surface area contributed by atoms with Gasteiger partial charge in [-0.15, -0.1) is 0 Å². The van der Waals surface area contributed by atoms with E-state index in [-0.39, 0.29) is 0 Å². The number of rotatable bonds is 3. The third-order valence-corrected chi connectivity index (χ3v) is 2.65. The van der Waals surface area contributed by atoms with Crippen molar-refractivity contribution in [3.8, 4) is 0 Å². The molecule has 0 bridgehead atoms. The molecular formula is C9H19NO. The van der Waals surface area contributed by atoms with Gasteiger partial charge in [-0.05, 0) is 32.2 Å². The molecule has 1 rings (SSSR count).